The molecule has 156 valence electrons. The zero-order valence-electron chi connectivity index (χ0n) is 14.8. The molecule has 2 aromatic carbocycles. The molecule has 1 amide bonds. The number of alkyl halides is 3. The number of carbonyl (C=O) groups is 1. The lowest BCUT2D eigenvalue weighted by molar-refractivity contribution is -0.137. The lowest BCUT2D eigenvalue weighted by Crippen LogP contribution is -2.50. The number of amides is 1. The van der Waals surface area contributed by atoms with Crippen LogP contribution in [0, 0.1) is 0 Å². The number of nitrogens with zero attached hydrogens (tertiary/aromatic N) is 2. The van der Waals surface area contributed by atoms with E-state index >= 15 is 0 Å². The number of halogens is 5. The van der Waals surface area contributed by atoms with Gasteiger partial charge < -0.3 is 4.90 Å². The third kappa shape index (κ3) is 4.85. The molecule has 1 fully saturated rings. The van der Waals surface area contributed by atoms with Crippen molar-refractivity contribution in [2.45, 2.75) is 11.1 Å². The Bertz CT molecular complexity index is 1020. The molecule has 0 aliphatic carbocycles. The van der Waals surface area contributed by atoms with Gasteiger partial charge in [-0.15, -0.1) is 0 Å². The molecular weight excluding hydrogens is 452 g/mol. The van der Waals surface area contributed by atoms with Gasteiger partial charge in [-0.2, -0.15) is 17.5 Å². The van der Waals surface area contributed by atoms with Crippen molar-refractivity contribution in [3.63, 3.8) is 0 Å². The Morgan fingerprint density at radius 3 is 2.07 bits per heavy atom. The number of hydrogen-bond acceptors (Lipinski definition) is 3. The predicted octanol–water partition coefficient (Wildman–Crippen LogP) is 4.16. The number of sulfonamides is 1. The first-order chi connectivity index (χ1) is 13.5. The van der Waals surface area contributed by atoms with Crippen LogP contribution in [0.2, 0.25) is 10.0 Å². The van der Waals surface area contributed by atoms with E-state index in [4.69, 9.17) is 23.2 Å². The summed E-state index contributed by atoms with van der Waals surface area (Å²) in [4.78, 5) is 13.8. The van der Waals surface area contributed by atoms with Crippen LogP contribution in [0.3, 0.4) is 0 Å². The van der Waals surface area contributed by atoms with Crippen molar-refractivity contribution >= 4 is 39.1 Å². The van der Waals surface area contributed by atoms with Crippen LogP contribution < -0.4 is 0 Å². The topological polar surface area (TPSA) is 57.7 Å². The van der Waals surface area contributed by atoms with E-state index in [0.29, 0.717) is 0 Å². The average Bonchev–Trinajstić information content (AvgIpc) is 2.66. The zero-order chi connectivity index (χ0) is 21.4. The SMILES string of the molecule is O=C(c1cccc(C(F)(F)F)c1)N1CCN(S(=O)(=O)c2cc(Cl)cc(Cl)c2)CC1. The lowest BCUT2D eigenvalue weighted by atomic mass is 10.1. The highest BCUT2D eigenvalue weighted by Crippen LogP contribution is 2.30. The summed E-state index contributed by atoms with van der Waals surface area (Å²) >= 11 is 11.7. The molecule has 11 heteroatoms. The number of hydrogen-bond donors (Lipinski definition) is 0. The maximum absolute atomic E-state index is 12.9. The molecule has 1 aliphatic rings. The Hall–Kier alpha value is -1.81. The molecule has 1 heterocycles. The minimum atomic E-state index is -4.55. The van der Waals surface area contributed by atoms with Crippen LogP contribution in [-0.2, 0) is 16.2 Å². The van der Waals surface area contributed by atoms with E-state index in [0.717, 1.165) is 12.1 Å². The van der Waals surface area contributed by atoms with Crippen molar-refractivity contribution in [1.82, 2.24) is 9.21 Å². The van der Waals surface area contributed by atoms with Gasteiger partial charge in [0.05, 0.1) is 10.5 Å². The first kappa shape index (κ1) is 21.9. The Morgan fingerprint density at radius 1 is 0.931 bits per heavy atom. The second-order valence-electron chi connectivity index (χ2n) is 6.38. The number of benzene rings is 2. The fourth-order valence-corrected chi connectivity index (χ4v) is 5.12. The molecule has 0 radical (unpaired) electrons. The summed E-state index contributed by atoms with van der Waals surface area (Å²) in [6, 6.07) is 8.12. The van der Waals surface area contributed by atoms with Gasteiger partial charge in [-0.1, -0.05) is 29.3 Å². The van der Waals surface area contributed by atoms with Crippen molar-refractivity contribution < 1.29 is 26.4 Å². The number of carbonyl (C=O) groups excluding carboxylic acids is 1. The maximum atomic E-state index is 12.9. The van der Waals surface area contributed by atoms with E-state index in [1.165, 1.54) is 39.5 Å². The highest BCUT2D eigenvalue weighted by atomic mass is 35.5. The largest absolute Gasteiger partial charge is 0.416 e. The fraction of sp³-hybridized carbons (Fsp3) is 0.278. The lowest BCUT2D eigenvalue weighted by Gasteiger charge is -2.34. The Morgan fingerprint density at radius 2 is 1.52 bits per heavy atom. The highest BCUT2D eigenvalue weighted by molar-refractivity contribution is 7.89. The summed E-state index contributed by atoms with van der Waals surface area (Å²) in [5.74, 6) is -0.584. The van der Waals surface area contributed by atoms with Gasteiger partial charge in [0.2, 0.25) is 10.0 Å². The molecule has 1 aliphatic heterocycles. The summed E-state index contributed by atoms with van der Waals surface area (Å²) in [5, 5.41) is 0.351. The molecule has 2 aromatic rings. The van der Waals surface area contributed by atoms with Crippen LogP contribution in [0.5, 0.6) is 0 Å². The molecule has 0 atom stereocenters. The van der Waals surface area contributed by atoms with E-state index in [9.17, 15) is 26.4 Å². The van der Waals surface area contributed by atoms with Crippen molar-refractivity contribution in [3.05, 3.63) is 63.6 Å². The van der Waals surface area contributed by atoms with Gasteiger partial charge in [0.15, 0.2) is 0 Å². The molecule has 5 nitrogen and oxygen atoms in total. The molecule has 0 spiro atoms. The van der Waals surface area contributed by atoms with Crippen LogP contribution in [0.15, 0.2) is 47.4 Å². The smallest absolute Gasteiger partial charge is 0.336 e. The molecule has 29 heavy (non-hydrogen) atoms. The second kappa shape index (κ2) is 8.14. The Labute approximate surface area is 175 Å². The first-order valence-corrected chi connectivity index (χ1v) is 10.6. The predicted molar refractivity (Wildman–Crippen MR) is 103 cm³/mol. The van der Waals surface area contributed by atoms with Crippen LogP contribution >= 0.6 is 23.2 Å². The standard InChI is InChI=1S/C18H15Cl2F3N2O3S/c19-14-9-15(20)11-16(10-14)29(27,28)25-6-4-24(5-7-25)17(26)12-2-1-3-13(8-12)18(21,22)23/h1-3,8-11H,4-7H2. The second-order valence-corrected chi connectivity index (χ2v) is 9.19. The minimum absolute atomic E-state index is 0.00281. The van der Waals surface area contributed by atoms with Gasteiger partial charge in [-0.25, -0.2) is 8.42 Å². The quantitative estimate of drug-likeness (QED) is 0.682. The summed E-state index contributed by atoms with van der Waals surface area (Å²) in [7, 11) is -3.87. The maximum Gasteiger partial charge on any atom is 0.416 e. The van der Waals surface area contributed by atoms with Crippen molar-refractivity contribution in [2.75, 3.05) is 26.2 Å². The van der Waals surface area contributed by atoms with Crippen LogP contribution in [0.4, 0.5) is 13.2 Å². The van der Waals surface area contributed by atoms with Gasteiger partial charge in [-0.3, -0.25) is 4.79 Å². The zero-order valence-corrected chi connectivity index (χ0v) is 17.1. The van der Waals surface area contributed by atoms with E-state index in [-0.39, 0.29) is 46.7 Å². The fourth-order valence-electron chi connectivity index (χ4n) is 2.97. The summed E-state index contributed by atoms with van der Waals surface area (Å²) in [5.41, 5.74) is -1.01. The molecule has 0 bridgehead atoms. The van der Waals surface area contributed by atoms with Crippen molar-refractivity contribution in [3.8, 4) is 0 Å². The number of piperazine rings is 1. The number of rotatable bonds is 3. The molecule has 1 saturated heterocycles. The van der Waals surface area contributed by atoms with E-state index in [1.807, 2.05) is 0 Å². The van der Waals surface area contributed by atoms with E-state index in [1.54, 1.807) is 0 Å². The van der Waals surface area contributed by atoms with Gasteiger partial charge in [0.25, 0.3) is 5.91 Å². The highest BCUT2D eigenvalue weighted by Gasteiger charge is 2.33. The van der Waals surface area contributed by atoms with Gasteiger partial charge >= 0.3 is 6.18 Å². The third-order valence-corrected chi connectivity index (χ3v) is 6.75. The minimum Gasteiger partial charge on any atom is -0.336 e. The van der Waals surface area contributed by atoms with Crippen molar-refractivity contribution in [2.24, 2.45) is 0 Å². The molecule has 0 aromatic heterocycles. The van der Waals surface area contributed by atoms with Crippen LogP contribution in [0.1, 0.15) is 15.9 Å². The summed E-state index contributed by atoms with van der Waals surface area (Å²) in [6.07, 6.45) is -4.55. The normalized spacial score (nSPS) is 16.1. The molecule has 0 saturated carbocycles. The van der Waals surface area contributed by atoms with E-state index < -0.39 is 27.7 Å². The van der Waals surface area contributed by atoms with Crippen molar-refractivity contribution in [1.29, 1.82) is 0 Å². The Balaban J connectivity index is 1.73. The monoisotopic (exact) mass is 466 g/mol. The molecule has 3 rings (SSSR count). The molecule has 0 N–H and O–H groups in total. The Kier molecular flexibility index (Phi) is 6.14. The first-order valence-electron chi connectivity index (χ1n) is 8.41. The van der Waals surface area contributed by atoms with Gasteiger partial charge in [-0.05, 0) is 36.4 Å². The third-order valence-electron chi connectivity index (χ3n) is 4.44. The average molecular weight is 467 g/mol. The molecule has 0 unspecified atom stereocenters. The van der Waals surface area contributed by atoms with Crippen LogP contribution in [0.25, 0.3) is 0 Å². The summed E-state index contributed by atoms with van der Waals surface area (Å²) < 4.78 is 65.3. The van der Waals surface area contributed by atoms with Gasteiger partial charge in [0.1, 0.15) is 0 Å². The van der Waals surface area contributed by atoms with Crippen LogP contribution in [-0.4, -0.2) is 49.7 Å². The van der Waals surface area contributed by atoms with E-state index in [2.05, 4.69) is 0 Å². The molecular formula is C18H15Cl2F3N2O3S. The summed E-state index contributed by atoms with van der Waals surface area (Å²) in [6.45, 7) is 0.0829. The van der Waals surface area contributed by atoms with Gasteiger partial charge in [0, 0.05) is 41.8 Å².